The van der Waals surface area contributed by atoms with E-state index in [0.29, 0.717) is 24.0 Å². The van der Waals surface area contributed by atoms with Crippen molar-refractivity contribution in [2.45, 2.75) is 19.1 Å². The number of nitrogens with zero attached hydrogens (tertiary/aromatic N) is 2. The zero-order valence-electron chi connectivity index (χ0n) is 19.2. The Kier molecular flexibility index (Phi) is 9.37. The van der Waals surface area contributed by atoms with E-state index in [1.54, 1.807) is 11.3 Å². The van der Waals surface area contributed by atoms with E-state index in [0.717, 1.165) is 58.1 Å². The van der Waals surface area contributed by atoms with E-state index in [1.807, 2.05) is 30.3 Å². The molecule has 34 heavy (non-hydrogen) atoms. The van der Waals surface area contributed by atoms with Gasteiger partial charge in [0, 0.05) is 31.1 Å². The average molecular weight is 505 g/mol. The maximum absolute atomic E-state index is 12.4. The third-order valence-electron chi connectivity index (χ3n) is 5.71. The molecule has 10 heteroatoms. The molecule has 1 atom stereocenters. The van der Waals surface area contributed by atoms with Crippen LogP contribution in [0.4, 0.5) is 0 Å². The summed E-state index contributed by atoms with van der Waals surface area (Å²) in [6.45, 7) is 7.05. The largest absolute Gasteiger partial charge is 0.486 e. The molecule has 2 aromatic rings. The molecule has 2 N–H and O–H groups in total. The summed E-state index contributed by atoms with van der Waals surface area (Å²) in [6, 6.07) is 11.7. The number of carbonyl (C=O) groups is 1. The smallest absolute Gasteiger partial charge is 0.239 e. The molecule has 1 saturated heterocycles. The van der Waals surface area contributed by atoms with E-state index in [9.17, 15) is 4.79 Å². The molecule has 0 radical (unpaired) electrons. The normalized spacial score (nSPS) is 17.7. The van der Waals surface area contributed by atoms with Crippen LogP contribution in [-0.2, 0) is 16.1 Å². The van der Waals surface area contributed by atoms with Gasteiger partial charge in [-0.25, -0.2) is 0 Å². The van der Waals surface area contributed by atoms with Gasteiger partial charge >= 0.3 is 0 Å². The molecule has 1 aromatic carbocycles. The van der Waals surface area contributed by atoms with Crippen molar-refractivity contribution in [3.05, 3.63) is 46.7 Å². The lowest BCUT2D eigenvalue weighted by atomic mass is 10.2. The van der Waals surface area contributed by atoms with Gasteiger partial charge in [-0.1, -0.05) is 18.2 Å². The number of ether oxygens (including phenoxy) is 3. The molecular formula is C24H32N4O4S2. The molecule has 0 saturated carbocycles. The lowest BCUT2D eigenvalue weighted by Crippen LogP contribution is -2.47. The summed E-state index contributed by atoms with van der Waals surface area (Å²) in [5.74, 6) is 1.30. The first kappa shape index (κ1) is 24.7. The summed E-state index contributed by atoms with van der Waals surface area (Å²) in [7, 11) is 0. The molecule has 4 rings (SSSR count). The number of para-hydroxylation sites is 2. The summed E-state index contributed by atoms with van der Waals surface area (Å²) < 4.78 is 17.0. The SMILES string of the molecule is O=C(CNC(=S)N(CCCN1CCOCC1)Cc1cccs1)NCC1COc2ccccc2O1. The van der Waals surface area contributed by atoms with Crippen LogP contribution in [0.5, 0.6) is 11.5 Å². The average Bonchev–Trinajstić information content (AvgIpc) is 3.39. The quantitative estimate of drug-likeness (QED) is 0.477. The van der Waals surface area contributed by atoms with E-state index in [2.05, 4.69) is 31.9 Å². The van der Waals surface area contributed by atoms with E-state index >= 15 is 0 Å². The summed E-state index contributed by atoms with van der Waals surface area (Å²) in [4.78, 5) is 18.2. The second-order valence-electron chi connectivity index (χ2n) is 8.27. The van der Waals surface area contributed by atoms with Gasteiger partial charge in [-0.05, 0) is 42.2 Å². The van der Waals surface area contributed by atoms with Crippen molar-refractivity contribution in [1.82, 2.24) is 20.4 Å². The van der Waals surface area contributed by atoms with Crippen LogP contribution in [0.25, 0.3) is 0 Å². The minimum atomic E-state index is -0.221. The van der Waals surface area contributed by atoms with Crippen LogP contribution >= 0.6 is 23.6 Å². The second kappa shape index (κ2) is 12.9. The Morgan fingerprint density at radius 3 is 2.76 bits per heavy atom. The Hall–Kier alpha value is -2.40. The summed E-state index contributed by atoms with van der Waals surface area (Å²) >= 11 is 7.36. The number of thiophene rings is 1. The van der Waals surface area contributed by atoms with Crippen molar-refractivity contribution < 1.29 is 19.0 Å². The van der Waals surface area contributed by atoms with Gasteiger partial charge in [0.15, 0.2) is 16.6 Å². The second-order valence-corrected chi connectivity index (χ2v) is 9.69. The first-order valence-electron chi connectivity index (χ1n) is 11.7. The summed E-state index contributed by atoms with van der Waals surface area (Å²) in [5, 5.41) is 8.70. The molecule has 1 amide bonds. The van der Waals surface area contributed by atoms with Crippen LogP contribution in [0.2, 0.25) is 0 Å². The molecule has 2 aliphatic rings. The number of hydrogen-bond donors (Lipinski definition) is 2. The molecule has 2 aliphatic heterocycles. The predicted octanol–water partition coefficient (Wildman–Crippen LogP) is 2.10. The maximum Gasteiger partial charge on any atom is 0.239 e. The number of fused-ring (bicyclic) bond motifs is 1. The highest BCUT2D eigenvalue weighted by Crippen LogP contribution is 2.30. The van der Waals surface area contributed by atoms with E-state index in [1.165, 1.54) is 4.88 Å². The van der Waals surface area contributed by atoms with Crippen LogP contribution in [0.1, 0.15) is 11.3 Å². The first-order chi connectivity index (χ1) is 16.7. The highest BCUT2D eigenvalue weighted by Gasteiger charge is 2.21. The summed E-state index contributed by atoms with van der Waals surface area (Å²) in [6.07, 6.45) is 0.779. The zero-order valence-corrected chi connectivity index (χ0v) is 20.9. The van der Waals surface area contributed by atoms with Gasteiger partial charge in [0.1, 0.15) is 12.7 Å². The fourth-order valence-electron chi connectivity index (χ4n) is 3.87. The predicted molar refractivity (Wildman–Crippen MR) is 137 cm³/mol. The van der Waals surface area contributed by atoms with Crippen molar-refractivity contribution in [3.63, 3.8) is 0 Å². The van der Waals surface area contributed by atoms with Crippen molar-refractivity contribution >= 4 is 34.6 Å². The standard InChI is InChI=1S/C24H32N4O4S2/c29-23(25-15-19-18-31-21-6-1-2-7-22(21)32-19)16-26-24(33)28(17-20-5-3-14-34-20)9-4-8-27-10-12-30-13-11-27/h1-3,5-7,14,19H,4,8-13,15-18H2,(H,25,29)(H,26,33). The van der Waals surface area contributed by atoms with Gasteiger partial charge < -0.3 is 29.7 Å². The topological polar surface area (TPSA) is 75.3 Å². The Morgan fingerprint density at radius 1 is 1.15 bits per heavy atom. The van der Waals surface area contributed by atoms with E-state index < -0.39 is 0 Å². The van der Waals surface area contributed by atoms with Crippen LogP contribution in [-0.4, -0.2) is 86.0 Å². The molecule has 0 bridgehead atoms. The fourth-order valence-corrected chi connectivity index (χ4v) is 4.82. The number of hydrogen-bond acceptors (Lipinski definition) is 7. The third kappa shape index (κ3) is 7.56. The third-order valence-corrected chi connectivity index (χ3v) is 6.98. The minimum absolute atomic E-state index is 0.118. The van der Waals surface area contributed by atoms with Gasteiger partial charge in [0.2, 0.25) is 5.91 Å². The van der Waals surface area contributed by atoms with Gasteiger partial charge in [0.25, 0.3) is 0 Å². The summed E-state index contributed by atoms with van der Waals surface area (Å²) in [5.41, 5.74) is 0. The zero-order chi connectivity index (χ0) is 23.6. The molecule has 0 spiro atoms. The van der Waals surface area contributed by atoms with E-state index in [-0.39, 0.29) is 18.6 Å². The number of thiocarbonyl (C=S) groups is 1. The maximum atomic E-state index is 12.4. The van der Waals surface area contributed by atoms with Crippen molar-refractivity contribution in [2.24, 2.45) is 0 Å². The monoisotopic (exact) mass is 504 g/mol. The van der Waals surface area contributed by atoms with Crippen LogP contribution in [0.15, 0.2) is 41.8 Å². The first-order valence-corrected chi connectivity index (χ1v) is 13.0. The van der Waals surface area contributed by atoms with Gasteiger partial charge in [-0.15, -0.1) is 11.3 Å². The Balaban J connectivity index is 1.20. The van der Waals surface area contributed by atoms with Crippen LogP contribution in [0.3, 0.4) is 0 Å². The molecular weight excluding hydrogens is 472 g/mol. The molecule has 0 aliphatic carbocycles. The molecule has 184 valence electrons. The number of amides is 1. The highest BCUT2D eigenvalue weighted by molar-refractivity contribution is 7.80. The number of nitrogens with one attached hydrogen (secondary N) is 2. The molecule has 1 fully saturated rings. The number of morpholine rings is 1. The highest BCUT2D eigenvalue weighted by atomic mass is 32.1. The number of rotatable bonds is 10. The van der Waals surface area contributed by atoms with Crippen molar-refractivity contribution in [2.75, 3.05) is 59.1 Å². The fraction of sp³-hybridized carbons (Fsp3) is 0.500. The molecule has 1 aromatic heterocycles. The number of benzene rings is 1. The molecule has 8 nitrogen and oxygen atoms in total. The molecule has 1 unspecified atom stereocenters. The lowest BCUT2D eigenvalue weighted by molar-refractivity contribution is -0.120. The Labute approximate surface area is 210 Å². The van der Waals surface area contributed by atoms with Gasteiger partial charge in [0.05, 0.1) is 32.8 Å². The van der Waals surface area contributed by atoms with Crippen molar-refractivity contribution in [1.29, 1.82) is 0 Å². The number of carbonyl (C=O) groups excluding carboxylic acids is 1. The lowest BCUT2D eigenvalue weighted by Gasteiger charge is -2.29. The molecule has 3 heterocycles. The van der Waals surface area contributed by atoms with Crippen LogP contribution in [0, 0.1) is 0 Å². The van der Waals surface area contributed by atoms with Crippen LogP contribution < -0.4 is 20.1 Å². The van der Waals surface area contributed by atoms with Gasteiger partial charge in [-0.2, -0.15) is 0 Å². The van der Waals surface area contributed by atoms with E-state index in [4.69, 9.17) is 26.4 Å². The van der Waals surface area contributed by atoms with Gasteiger partial charge in [-0.3, -0.25) is 9.69 Å². The van der Waals surface area contributed by atoms with Crippen molar-refractivity contribution in [3.8, 4) is 11.5 Å². The minimum Gasteiger partial charge on any atom is -0.486 e. The Morgan fingerprint density at radius 2 is 1.97 bits per heavy atom. The Bertz CT molecular complexity index is 921.